The lowest BCUT2D eigenvalue weighted by Gasteiger charge is -2.27. The first-order valence-electron chi connectivity index (χ1n) is 7.34. The minimum atomic E-state index is -3.84. The molecule has 2 N–H and O–H groups in total. The number of sulfonamides is 1. The van der Waals surface area contributed by atoms with E-state index in [0.717, 1.165) is 0 Å². The smallest absolute Gasteiger partial charge is 0.264 e. The lowest BCUT2D eigenvalue weighted by Crippen LogP contribution is -2.34. The predicted octanol–water partition coefficient (Wildman–Crippen LogP) is 3.26. The largest absolute Gasteiger partial charge is 0.508 e. The Balaban J connectivity index is 2.58. The van der Waals surface area contributed by atoms with Gasteiger partial charge in [-0.15, -0.1) is 0 Å². The molecule has 0 radical (unpaired) electrons. The minimum absolute atomic E-state index is 0.00207. The SMILES string of the molecule is Cc1cccc(N(CC(C)C)S(=O)(=O)c2ccc(O)cc2)c1O. The number of nitrogens with zero attached hydrogens (tertiary/aromatic N) is 1. The van der Waals surface area contributed by atoms with Crippen molar-refractivity contribution < 1.29 is 18.6 Å². The van der Waals surface area contributed by atoms with Crippen LogP contribution in [0.25, 0.3) is 0 Å². The topological polar surface area (TPSA) is 77.8 Å². The molecule has 0 aromatic heterocycles. The van der Waals surface area contributed by atoms with E-state index in [1.165, 1.54) is 28.6 Å². The summed E-state index contributed by atoms with van der Waals surface area (Å²) >= 11 is 0. The molecule has 6 heteroatoms. The lowest BCUT2D eigenvalue weighted by molar-refractivity contribution is 0.469. The van der Waals surface area contributed by atoms with E-state index in [4.69, 9.17) is 0 Å². The standard InChI is InChI=1S/C17H21NO4S/c1-12(2)11-18(16-6-4-5-13(3)17(16)20)23(21,22)15-9-7-14(19)8-10-15/h4-10,12,19-20H,11H2,1-3H3. The average Bonchev–Trinajstić information content (AvgIpc) is 2.48. The first-order valence-corrected chi connectivity index (χ1v) is 8.78. The molecule has 2 rings (SSSR count). The molecule has 2 aromatic rings. The molecule has 0 aliphatic rings. The van der Waals surface area contributed by atoms with Gasteiger partial charge in [0.2, 0.25) is 0 Å². The van der Waals surface area contributed by atoms with E-state index in [2.05, 4.69) is 0 Å². The van der Waals surface area contributed by atoms with Gasteiger partial charge in [0.05, 0.1) is 10.6 Å². The molecule has 0 amide bonds. The maximum Gasteiger partial charge on any atom is 0.264 e. The van der Waals surface area contributed by atoms with Gasteiger partial charge in [0.25, 0.3) is 10.0 Å². The van der Waals surface area contributed by atoms with Gasteiger partial charge >= 0.3 is 0 Å². The highest BCUT2D eigenvalue weighted by molar-refractivity contribution is 7.92. The Bertz CT molecular complexity index is 783. The molecule has 23 heavy (non-hydrogen) atoms. The van der Waals surface area contributed by atoms with Crippen LogP contribution in [0.15, 0.2) is 47.4 Å². The third kappa shape index (κ3) is 3.59. The third-order valence-electron chi connectivity index (χ3n) is 3.44. The zero-order chi connectivity index (χ0) is 17.2. The number of hydrogen-bond donors (Lipinski definition) is 2. The Morgan fingerprint density at radius 1 is 1.04 bits per heavy atom. The van der Waals surface area contributed by atoms with Crippen molar-refractivity contribution in [2.45, 2.75) is 25.7 Å². The quantitative estimate of drug-likeness (QED) is 0.879. The summed E-state index contributed by atoms with van der Waals surface area (Å²) in [4.78, 5) is 0.0665. The van der Waals surface area contributed by atoms with Crippen LogP contribution in [-0.2, 0) is 10.0 Å². The van der Waals surface area contributed by atoms with E-state index >= 15 is 0 Å². The first-order chi connectivity index (χ1) is 10.7. The summed E-state index contributed by atoms with van der Waals surface area (Å²) in [5.74, 6) is 0.0232. The zero-order valence-corrected chi connectivity index (χ0v) is 14.2. The molecule has 0 aliphatic heterocycles. The summed E-state index contributed by atoms with van der Waals surface area (Å²) in [5, 5.41) is 19.6. The number of rotatable bonds is 5. The second-order valence-corrected chi connectivity index (χ2v) is 7.73. The normalized spacial score (nSPS) is 11.7. The molecule has 0 unspecified atom stereocenters. The van der Waals surface area contributed by atoms with Crippen LogP contribution in [0.5, 0.6) is 11.5 Å². The molecular weight excluding hydrogens is 314 g/mol. The van der Waals surface area contributed by atoms with Gasteiger partial charge in [-0.25, -0.2) is 8.42 Å². The average molecular weight is 335 g/mol. The number of hydrogen-bond acceptors (Lipinski definition) is 4. The highest BCUT2D eigenvalue weighted by Gasteiger charge is 2.28. The number of anilines is 1. The van der Waals surface area contributed by atoms with Gasteiger partial charge in [-0.2, -0.15) is 0 Å². The van der Waals surface area contributed by atoms with E-state index in [9.17, 15) is 18.6 Å². The molecule has 0 fully saturated rings. The van der Waals surface area contributed by atoms with Crippen LogP contribution in [-0.4, -0.2) is 25.2 Å². The fraction of sp³-hybridized carbons (Fsp3) is 0.294. The Hall–Kier alpha value is -2.21. The van der Waals surface area contributed by atoms with Crippen molar-refractivity contribution in [2.24, 2.45) is 5.92 Å². The van der Waals surface area contributed by atoms with Crippen LogP contribution >= 0.6 is 0 Å². The van der Waals surface area contributed by atoms with Crippen LogP contribution < -0.4 is 4.31 Å². The van der Waals surface area contributed by atoms with Crippen LogP contribution in [0.4, 0.5) is 5.69 Å². The van der Waals surface area contributed by atoms with E-state index in [-0.39, 0.29) is 34.5 Å². The van der Waals surface area contributed by atoms with Crippen LogP contribution in [0.2, 0.25) is 0 Å². The van der Waals surface area contributed by atoms with Crippen molar-refractivity contribution in [1.29, 1.82) is 0 Å². The van der Waals surface area contributed by atoms with Crippen molar-refractivity contribution in [3.8, 4) is 11.5 Å². The maximum absolute atomic E-state index is 13.0. The van der Waals surface area contributed by atoms with Gasteiger partial charge in [-0.1, -0.05) is 26.0 Å². The highest BCUT2D eigenvalue weighted by Crippen LogP contribution is 2.34. The first kappa shape index (κ1) is 17.1. The molecule has 0 atom stereocenters. The molecule has 2 aromatic carbocycles. The van der Waals surface area contributed by atoms with Crippen molar-refractivity contribution in [3.63, 3.8) is 0 Å². The predicted molar refractivity (Wildman–Crippen MR) is 90.3 cm³/mol. The highest BCUT2D eigenvalue weighted by atomic mass is 32.2. The molecule has 0 bridgehead atoms. The van der Waals surface area contributed by atoms with Gasteiger partial charge in [0, 0.05) is 6.54 Å². The number of phenolic OH excluding ortho intramolecular Hbond substituents is 2. The second-order valence-electron chi connectivity index (χ2n) is 5.87. The molecule has 0 saturated carbocycles. The Morgan fingerprint density at radius 2 is 1.65 bits per heavy atom. The third-order valence-corrected chi connectivity index (χ3v) is 5.23. The van der Waals surface area contributed by atoms with E-state index in [1.54, 1.807) is 25.1 Å². The summed E-state index contributed by atoms with van der Waals surface area (Å²) in [6.07, 6.45) is 0. The molecule has 0 saturated heterocycles. The fourth-order valence-corrected chi connectivity index (χ4v) is 3.88. The molecule has 0 heterocycles. The number of phenols is 2. The van der Waals surface area contributed by atoms with Crippen molar-refractivity contribution >= 4 is 15.7 Å². The molecule has 0 aliphatic carbocycles. The van der Waals surface area contributed by atoms with Gasteiger partial charge in [0.1, 0.15) is 11.5 Å². The number of aryl methyl sites for hydroxylation is 1. The van der Waals surface area contributed by atoms with E-state index in [0.29, 0.717) is 5.56 Å². The second kappa shape index (κ2) is 6.50. The number of benzene rings is 2. The van der Waals surface area contributed by atoms with Crippen molar-refractivity contribution in [3.05, 3.63) is 48.0 Å². The molecule has 5 nitrogen and oxygen atoms in total. The maximum atomic E-state index is 13.0. The summed E-state index contributed by atoms with van der Waals surface area (Å²) < 4.78 is 27.2. The van der Waals surface area contributed by atoms with E-state index in [1.807, 2.05) is 13.8 Å². The summed E-state index contributed by atoms with van der Waals surface area (Å²) in [7, 11) is -3.84. The Labute approximate surface area is 136 Å². The van der Waals surface area contributed by atoms with Gasteiger partial charge in [-0.05, 0) is 48.7 Å². The summed E-state index contributed by atoms with van der Waals surface area (Å²) in [6.45, 7) is 5.78. The van der Waals surface area contributed by atoms with Crippen molar-refractivity contribution in [1.82, 2.24) is 0 Å². The van der Waals surface area contributed by atoms with Crippen LogP contribution in [0.3, 0.4) is 0 Å². The van der Waals surface area contributed by atoms with Gasteiger partial charge in [0.15, 0.2) is 0 Å². The Kier molecular flexibility index (Phi) is 4.85. The number of aromatic hydroxyl groups is 2. The lowest BCUT2D eigenvalue weighted by atomic mass is 10.1. The van der Waals surface area contributed by atoms with E-state index < -0.39 is 10.0 Å². The number of para-hydroxylation sites is 1. The van der Waals surface area contributed by atoms with Gasteiger partial charge < -0.3 is 10.2 Å². The Morgan fingerprint density at radius 3 is 2.22 bits per heavy atom. The fourth-order valence-electron chi connectivity index (χ4n) is 2.25. The summed E-state index contributed by atoms with van der Waals surface area (Å²) in [5.41, 5.74) is 0.865. The van der Waals surface area contributed by atoms with Crippen LogP contribution in [0, 0.1) is 12.8 Å². The molecule has 124 valence electrons. The van der Waals surface area contributed by atoms with Crippen molar-refractivity contribution in [2.75, 3.05) is 10.8 Å². The summed E-state index contributed by atoms with van der Waals surface area (Å²) in [6, 6.07) is 10.4. The van der Waals surface area contributed by atoms with Gasteiger partial charge in [-0.3, -0.25) is 4.31 Å². The minimum Gasteiger partial charge on any atom is -0.508 e. The molecule has 0 spiro atoms. The van der Waals surface area contributed by atoms with Crippen LogP contribution in [0.1, 0.15) is 19.4 Å². The monoisotopic (exact) mass is 335 g/mol. The molecular formula is C17H21NO4S. The zero-order valence-electron chi connectivity index (χ0n) is 13.4.